The molecule has 0 aromatic heterocycles. The molecule has 4 nitrogen and oxygen atoms in total. The van der Waals surface area contributed by atoms with Crippen molar-refractivity contribution in [3.63, 3.8) is 0 Å². The zero-order chi connectivity index (χ0) is 10.6. The molecule has 0 amide bonds. The first-order chi connectivity index (χ1) is 6.47. The highest BCUT2D eigenvalue weighted by Gasteiger charge is 2.23. The molecule has 1 rings (SSSR count). The van der Waals surface area contributed by atoms with Crippen LogP contribution in [0.25, 0.3) is 0 Å². The van der Waals surface area contributed by atoms with Gasteiger partial charge in [0.05, 0.1) is 6.26 Å². The minimum Gasteiger partial charge on any atom is -0.314 e. The molecule has 84 valence electrons. The molecule has 0 aromatic carbocycles. The first-order valence-electron chi connectivity index (χ1n) is 5.15. The average Bonchev–Trinajstić information content (AvgIpc) is 1.98. The Morgan fingerprint density at radius 2 is 1.93 bits per heavy atom. The van der Waals surface area contributed by atoms with E-state index in [1.54, 1.807) is 0 Å². The molecule has 0 bridgehead atoms. The quantitative estimate of drug-likeness (QED) is 0.634. The molecule has 0 heterocycles. The third-order valence-corrected chi connectivity index (χ3v) is 3.25. The van der Waals surface area contributed by atoms with Crippen molar-refractivity contribution < 1.29 is 8.42 Å². The Bertz CT molecular complexity index is 258. The van der Waals surface area contributed by atoms with Gasteiger partial charge in [-0.05, 0) is 31.7 Å². The molecule has 1 aliphatic rings. The van der Waals surface area contributed by atoms with Crippen LogP contribution >= 0.6 is 0 Å². The van der Waals surface area contributed by atoms with Crippen molar-refractivity contribution in [2.75, 3.05) is 19.3 Å². The second kappa shape index (κ2) is 5.09. The normalized spacial score (nSPS) is 27.3. The summed E-state index contributed by atoms with van der Waals surface area (Å²) >= 11 is 0. The molecular weight excluding hydrogens is 200 g/mol. The molecule has 5 heteroatoms. The van der Waals surface area contributed by atoms with Gasteiger partial charge in [0.25, 0.3) is 0 Å². The highest BCUT2D eigenvalue weighted by molar-refractivity contribution is 7.88. The van der Waals surface area contributed by atoms with Crippen molar-refractivity contribution in [1.82, 2.24) is 10.0 Å². The molecule has 0 aliphatic heterocycles. The summed E-state index contributed by atoms with van der Waals surface area (Å²) in [5, 5.41) is 3.40. The predicted octanol–water partition coefficient (Wildman–Crippen LogP) is 0.314. The predicted molar refractivity (Wildman–Crippen MR) is 57.7 cm³/mol. The van der Waals surface area contributed by atoms with Crippen molar-refractivity contribution in [2.24, 2.45) is 5.92 Å². The van der Waals surface area contributed by atoms with E-state index in [1.807, 2.05) is 0 Å². The van der Waals surface area contributed by atoms with E-state index < -0.39 is 10.0 Å². The molecule has 1 fully saturated rings. The molecule has 14 heavy (non-hydrogen) atoms. The first kappa shape index (κ1) is 11.9. The monoisotopic (exact) mass is 220 g/mol. The van der Waals surface area contributed by atoms with Crippen LogP contribution in [-0.2, 0) is 10.0 Å². The topological polar surface area (TPSA) is 58.2 Å². The van der Waals surface area contributed by atoms with Crippen molar-refractivity contribution in [3.8, 4) is 0 Å². The summed E-state index contributed by atoms with van der Waals surface area (Å²) in [6.45, 7) is 3.69. The Kier molecular flexibility index (Phi) is 4.34. The van der Waals surface area contributed by atoms with E-state index in [4.69, 9.17) is 0 Å². The Morgan fingerprint density at radius 3 is 2.43 bits per heavy atom. The van der Waals surface area contributed by atoms with Crippen molar-refractivity contribution in [3.05, 3.63) is 0 Å². The van der Waals surface area contributed by atoms with Crippen LogP contribution in [0.1, 0.15) is 26.2 Å². The summed E-state index contributed by atoms with van der Waals surface area (Å²) in [5.74, 6) is 0.863. The molecule has 1 aliphatic carbocycles. The first-order valence-corrected chi connectivity index (χ1v) is 7.04. The van der Waals surface area contributed by atoms with Crippen LogP contribution < -0.4 is 10.0 Å². The van der Waals surface area contributed by atoms with Gasteiger partial charge in [0.1, 0.15) is 0 Å². The molecule has 0 atom stereocenters. The summed E-state index contributed by atoms with van der Waals surface area (Å²) in [4.78, 5) is 0. The highest BCUT2D eigenvalue weighted by atomic mass is 32.2. The fourth-order valence-corrected chi connectivity index (χ4v) is 2.24. The fourth-order valence-electron chi connectivity index (χ4n) is 1.72. The standard InChI is InChI=1S/C9H20N2O2S/c1-8-6-9(7-8)10-4-3-5-11-14(2,12)13/h8-11H,3-7H2,1-2H3. The van der Waals surface area contributed by atoms with E-state index in [0.717, 1.165) is 18.9 Å². The van der Waals surface area contributed by atoms with Gasteiger partial charge in [-0.15, -0.1) is 0 Å². The maximum Gasteiger partial charge on any atom is 0.208 e. The summed E-state index contributed by atoms with van der Waals surface area (Å²) in [6, 6.07) is 0.670. The number of hydrogen-bond acceptors (Lipinski definition) is 3. The van der Waals surface area contributed by atoms with Crippen LogP contribution in [0.3, 0.4) is 0 Å². The third kappa shape index (κ3) is 4.93. The lowest BCUT2D eigenvalue weighted by Gasteiger charge is -2.33. The van der Waals surface area contributed by atoms with Crippen molar-refractivity contribution in [2.45, 2.75) is 32.2 Å². The van der Waals surface area contributed by atoms with E-state index in [2.05, 4.69) is 17.0 Å². The largest absolute Gasteiger partial charge is 0.314 e. The van der Waals surface area contributed by atoms with Crippen LogP contribution in [0.2, 0.25) is 0 Å². The van der Waals surface area contributed by atoms with Gasteiger partial charge in [-0.25, -0.2) is 13.1 Å². The summed E-state index contributed by atoms with van der Waals surface area (Å²) in [6.07, 6.45) is 4.57. The highest BCUT2D eigenvalue weighted by Crippen LogP contribution is 2.25. The zero-order valence-electron chi connectivity index (χ0n) is 8.91. The number of hydrogen-bond donors (Lipinski definition) is 2. The van der Waals surface area contributed by atoms with E-state index in [-0.39, 0.29) is 0 Å². The van der Waals surface area contributed by atoms with E-state index in [0.29, 0.717) is 12.6 Å². The fraction of sp³-hybridized carbons (Fsp3) is 1.00. The third-order valence-electron chi connectivity index (χ3n) is 2.52. The lowest BCUT2D eigenvalue weighted by Crippen LogP contribution is -2.41. The molecule has 1 saturated carbocycles. The van der Waals surface area contributed by atoms with Crippen LogP contribution in [0.5, 0.6) is 0 Å². The number of sulfonamides is 1. The lowest BCUT2D eigenvalue weighted by atomic mass is 9.82. The van der Waals surface area contributed by atoms with Crippen LogP contribution in [0, 0.1) is 5.92 Å². The minimum absolute atomic E-state index is 0.536. The Balaban J connectivity index is 1.90. The maximum atomic E-state index is 10.7. The van der Waals surface area contributed by atoms with Crippen LogP contribution in [0.15, 0.2) is 0 Å². The zero-order valence-corrected chi connectivity index (χ0v) is 9.73. The summed E-state index contributed by atoms with van der Waals surface area (Å²) < 4.78 is 23.9. The number of nitrogens with one attached hydrogen (secondary N) is 2. The maximum absolute atomic E-state index is 10.7. The second-order valence-corrected chi connectivity index (χ2v) is 6.08. The van der Waals surface area contributed by atoms with E-state index >= 15 is 0 Å². The summed E-state index contributed by atoms with van der Waals surface area (Å²) in [7, 11) is -3.00. The molecule has 2 N–H and O–H groups in total. The smallest absolute Gasteiger partial charge is 0.208 e. The van der Waals surface area contributed by atoms with E-state index in [1.165, 1.54) is 19.1 Å². The van der Waals surface area contributed by atoms with Gasteiger partial charge >= 0.3 is 0 Å². The van der Waals surface area contributed by atoms with Crippen molar-refractivity contribution >= 4 is 10.0 Å². The summed E-state index contributed by atoms with van der Waals surface area (Å²) in [5.41, 5.74) is 0. The SMILES string of the molecule is CC1CC(NCCCNS(C)(=O)=O)C1. The van der Waals surface area contributed by atoms with Gasteiger partial charge in [-0.1, -0.05) is 6.92 Å². The second-order valence-electron chi connectivity index (χ2n) is 4.25. The lowest BCUT2D eigenvalue weighted by molar-refractivity contribution is 0.242. The van der Waals surface area contributed by atoms with Crippen LogP contribution in [0.4, 0.5) is 0 Å². The molecular formula is C9H20N2O2S. The van der Waals surface area contributed by atoms with Gasteiger partial charge < -0.3 is 5.32 Å². The van der Waals surface area contributed by atoms with Crippen molar-refractivity contribution in [1.29, 1.82) is 0 Å². The number of rotatable bonds is 6. The van der Waals surface area contributed by atoms with E-state index in [9.17, 15) is 8.42 Å². The molecule has 0 radical (unpaired) electrons. The Hall–Kier alpha value is -0.130. The minimum atomic E-state index is -3.00. The molecule has 0 spiro atoms. The Labute approximate surface area is 86.5 Å². The average molecular weight is 220 g/mol. The molecule has 0 unspecified atom stereocenters. The Morgan fingerprint density at radius 1 is 1.29 bits per heavy atom. The van der Waals surface area contributed by atoms with Gasteiger partial charge in [0.15, 0.2) is 0 Å². The van der Waals surface area contributed by atoms with Crippen LogP contribution in [-0.4, -0.2) is 33.8 Å². The van der Waals surface area contributed by atoms with Gasteiger partial charge in [-0.2, -0.15) is 0 Å². The van der Waals surface area contributed by atoms with Gasteiger partial charge in [-0.3, -0.25) is 0 Å². The van der Waals surface area contributed by atoms with Gasteiger partial charge in [0.2, 0.25) is 10.0 Å². The molecule has 0 saturated heterocycles. The molecule has 0 aromatic rings. The van der Waals surface area contributed by atoms with Gasteiger partial charge in [0, 0.05) is 12.6 Å².